The molecule has 0 spiro atoms. The predicted octanol–water partition coefficient (Wildman–Crippen LogP) is 5.64. The molecule has 0 saturated carbocycles. The lowest BCUT2D eigenvalue weighted by atomic mass is 9.92. The van der Waals surface area contributed by atoms with E-state index < -0.39 is 32.2 Å². The highest BCUT2D eigenvalue weighted by Crippen LogP contribution is 2.37. The molecular formula is C22H20ClF3N2O3S. The Morgan fingerprint density at radius 3 is 2.44 bits per heavy atom. The summed E-state index contributed by atoms with van der Waals surface area (Å²) in [5, 5.41) is -0.213. The van der Waals surface area contributed by atoms with Crippen molar-refractivity contribution < 1.29 is 26.3 Å². The van der Waals surface area contributed by atoms with Crippen molar-refractivity contribution in [3.05, 3.63) is 77.1 Å². The number of ether oxygens (including phenoxy) is 1. The van der Waals surface area contributed by atoms with Gasteiger partial charge in [-0.2, -0.15) is 13.2 Å². The minimum absolute atomic E-state index is 0.213. The number of nitrogens with zero attached hydrogens (tertiary/aromatic N) is 1. The van der Waals surface area contributed by atoms with Crippen LogP contribution in [0.1, 0.15) is 25.0 Å². The molecule has 10 heteroatoms. The first-order chi connectivity index (χ1) is 14.8. The molecule has 0 aliphatic heterocycles. The van der Waals surface area contributed by atoms with Crippen LogP contribution in [0.3, 0.4) is 0 Å². The average molecular weight is 485 g/mol. The van der Waals surface area contributed by atoms with Crippen LogP contribution in [0.4, 0.5) is 13.2 Å². The molecule has 1 heterocycles. The fourth-order valence-electron chi connectivity index (χ4n) is 3.26. The van der Waals surface area contributed by atoms with Crippen LogP contribution in [-0.2, 0) is 21.7 Å². The van der Waals surface area contributed by atoms with Crippen LogP contribution in [-0.4, -0.2) is 20.5 Å². The molecule has 2 aromatic carbocycles. The number of halogens is 4. The van der Waals surface area contributed by atoms with Crippen molar-refractivity contribution >= 4 is 21.6 Å². The SMILES string of the molecule is COc1cnccc1-c1cccc(C(C)(C)NS(=O)(=O)c2ccc(Cl)cc2C(F)(F)F)c1. The lowest BCUT2D eigenvalue weighted by Crippen LogP contribution is -2.41. The van der Waals surface area contributed by atoms with E-state index in [1.54, 1.807) is 50.5 Å². The molecule has 0 saturated heterocycles. The molecular weight excluding hydrogens is 465 g/mol. The molecule has 3 aromatic rings. The van der Waals surface area contributed by atoms with Gasteiger partial charge in [0.05, 0.1) is 29.3 Å². The number of nitrogens with one attached hydrogen (secondary N) is 1. The molecule has 1 N–H and O–H groups in total. The second-order valence-corrected chi connectivity index (χ2v) is 9.61. The highest BCUT2D eigenvalue weighted by Gasteiger charge is 2.39. The molecule has 0 aliphatic carbocycles. The number of hydrogen-bond acceptors (Lipinski definition) is 4. The second kappa shape index (κ2) is 8.73. The minimum atomic E-state index is -4.89. The zero-order chi connectivity index (χ0) is 23.7. The Kier molecular flexibility index (Phi) is 6.55. The normalized spacial score (nSPS) is 12.6. The van der Waals surface area contributed by atoms with Crippen LogP contribution in [0.2, 0.25) is 5.02 Å². The van der Waals surface area contributed by atoms with Crippen molar-refractivity contribution in [2.45, 2.75) is 30.5 Å². The molecule has 0 radical (unpaired) electrons. The van der Waals surface area contributed by atoms with Gasteiger partial charge in [0.15, 0.2) is 0 Å². The maximum atomic E-state index is 13.5. The number of rotatable bonds is 6. The summed E-state index contributed by atoms with van der Waals surface area (Å²) in [6.45, 7) is 3.13. The van der Waals surface area contributed by atoms with Gasteiger partial charge in [0, 0.05) is 16.8 Å². The summed E-state index contributed by atoms with van der Waals surface area (Å²) < 4.78 is 74.0. The zero-order valence-electron chi connectivity index (χ0n) is 17.4. The van der Waals surface area contributed by atoms with E-state index in [-0.39, 0.29) is 5.02 Å². The maximum Gasteiger partial charge on any atom is 0.417 e. The number of benzene rings is 2. The summed E-state index contributed by atoms with van der Waals surface area (Å²) in [6.07, 6.45) is -1.75. The van der Waals surface area contributed by atoms with E-state index in [4.69, 9.17) is 16.3 Å². The Morgan fingerprint density at radius 2 is 1.78 bits per heavy atom. The van der Waals surface area contributed by atoms with Gasteiger partial charge in [-0.1, -0.05) is 29.8 Å². The first-order valence-electron chi connectivity index (χ1n) is 9.35. The third kappa shape index (κ3) is 5.06. The van der Waals surface area contributed by atoms with Crippen molar-refractivity contribution in [3.8, 4) is 16.9 Å². The minimum Gasteiger partial charge on any atom is -0.494 e. The van der Waals surface area contributed by atoms with E-state index >= 15 is 0 Å². The molecule has 3 rings (SSSR count). The van der Waals surface area contributed by atoms with Gasteiger partial charge in [-0.05, 0) is 55.3 Å². The molecule has 170 valence electrons. The summed E-state index contributed by atoms with van der Waals surface area (Å²) in [5.74, 6) is 0.527. The van der Waals surface area contributed by atoms with Gasteiger partial charge in [-0.3, -0.25) is 4.98 Å². The number of hydrogen-bond donors (Lipinski definition) is 1. The van der Waals surface area contributed by atoms with Crippen molar-refractivity contribution in [2.24, 2.45) is 0 Å². The molecule has 0 bridgehead atoms. The number of sulfonamides is 1. The van der Waals surface area contributed by atoms with E-state index in [1.807, 2.05) is 6.07 Å². The largest absolute Gasteiger partial charge is 0.494 e. The van der Waals surface area contributed by atoms with Gasteiger partial charge >= 0.3 is 6.18 Å². The van der Waals surface area contributed by atoms with Crippen LogP contribution >= 0.6 is 11.6 Å². The molecule has 32 heavy (non-hydrogen) atoms. The smallest absolute Gasteiger partial charge is 0.417 e. The number of aromatic nitrogens is 1. The van der Waals surface area contributed by atoms with Crippen LogP contribution < -0.4 is 9.46 Å². The topological polar surface area (TPSA) is 68.3 Å². The first kappa shape index (κ1) is 24.0. The zero-order valence-corrected chi connectivity index (χ0v) is 18.9. The average Bonchev–Trinajstić information content (AvgIpc) is 2.72. The lowest BCUT2D eigenvalue weighted by Gasteiger charge is -2.28. The van der Waals surface area contributed by atoms with Crippen molar-refractivity contribution in [1.29, 1.82) is 0 Å². The fourth-order valence-corrected chi connectivity index (χ4v) is 5.05. The third-order valence-electron chi connectivity index (χ3n) is 4.83. The van der Waals surface area contributed by atoms with E-state index in [0.29, 0.717) is 17.4 Å². The van der Waals surface area contributed by atoms with E-state index in [0.717, 1.165) is 23.3 Å². The standard InChI is InChI=1S/C22H20ClF3N2O3S/c1-21(2,15-6-4-5-14(11-15)17-9-10-27-13-19(17)31-3)28-32(29,30)20-8-7-16(23)12-18(20)22(24,25)26/h4-13,28H,1-3H3. The van der Waals surface area contributed by atoms with E-state index in [9.17, 15) is 21.6 Å². The first-order valence-corrected chi connectivity index (χ1v) is 11.2. The molecule has 0 amide bonds. The van der Waals surface area contributed by atoms with Crippen molar-refractivity contribution in [1.82, 2.24) is 9.71 Å². The lowest BCUT2D eigenvalue weighted by molar-refractivity contribution is -0.139. The number of pyridine rings is 1. The molecule has 0 unspecified atom stereocenters. The summed E-state index contributed by atoms with van der Waals surface area (Å²) >= 11 is 5.67. The maximum absolute atomic E-state index is 13.5. The Hall–Kier alpha value is -2.62. The monoisotopic (exact) mass is 484 g/mol. The van der Waals surface area contributed by atoms with Crippen LogP contribution in [0.5, 0.6) is 5.75 Å². The van der Waals surface area contributed by atoms with Gasteiger partial charge < -0.3 is 4.74 Å². The fraction of sp³-hybridized carbons (Fsp3) is 0.227. The Labute approximate surface area is 189 Å². The van der Waals surface area contributed by atoms with Gasteiger partial charge in [0.25, 0.3) is 0 Å². The quantitative estimate of drug-likeness (QED) is 0.491. The summed E-state index contributed by atoms with van der Waals surface area (Å²) in [4.78, 5) is 3.12. The molecule has 0 fully saturated rings. The van der Waals surface area contributed by atoms with E-state index in [1.165, 1.54) is 7.11 Å². The molecule has 5 nitrogen and oxygen atoms in total. The molecule has 1 aromatic heterocycles. The van der Waals surface area contributed by atoms with Crippen LogP contribution in [0, 0.1) is 0 Å². The Balaban J connectivity index is 2.02. The highest BCUT2D eigenvalue weighted by atomic mass is 35.5. The van der Waals surface area contributed by atoms with Crippen molar-refractivity contribution in [3.63, 3.8) is 0 Å². The summed E-state index contributed by atoms with van der Waals surface area (Å²) in [7, 11) is -3.04. The van der Waals surface area contributed by atoms with Gasteiger partial charge in [-0.25, -0.2) is 13.1 Å². The molecule has 0 aliphatic rings. The summed E-state index contributed by atoms with van der Waals surface area (Å²) in [6, 6.07) is 11.3. The van der Waals surface area contributed by atoms with Gasteiger partial charge in [-0.15, -0.1) is 0 Å². The predicted molar refractivity (Wildman–Crippen MR) is 116 cm³/mol. The van der Waals surface area contributed by atoms with Crippen LogP contribution in [0.15, 0.2) is 65.8 Å². The number of methoxy groups -OCH3 is 1. The van der Waals surface area contributed by atoms with E-state index in [2.05, 4.69) is 9.71 Å². The van der Waals surface area contributed by atoms with Gasteiger partial charge in [0.2, 0.25) is 10.0 Å². The van der Waals surface area contributed by atoms with Gasteiger partial charge in [0.1, 0.15) is 5.75 Å². The summed E-state index contributed by atoms with van der Waals surface area (Å²) in [5.41, 5.74) is -0.558. The van der Waals surface area contributed by atoms with Crippen molar-refractivity contribution in [2.75, 3.05) is 7.11 Å². The third-order valence-corrected chi connectivity index (χ3v) is 6.77. The second-order valence-electron chi connectivity index (χ2n) is 7.53. The highest BCUT2D eigenvalue weighted by molar-refractivity contribution is 7.89. The van der Waals surface area contributed by atoms with Crippen LogP contribution in [0.25, 0.3) is 11.1 Å². The molecule has 0 atom stereocenters. The Morgan fingerprint density at radius 1 is 1.06 bits per heavy atom. The number of alkyl halides is 3. The Bertz CT molecular complexity index is 1250.